The van der Waals surface area contributed by atoms with Gasteiger partial charge >= 0.3 is 0 Å². The van der Waals surface area contributed by atoms with Crippen LogP contribution < -0.4 is 5.32 Å². The van der Waals surface area contributed by atoms with E-state index >= 15 is 0 Å². The van der Waals surface area contributed by atoms with Gasteiger partial charge in [0.15, 0.2) is 0 Å². The summed E-state index contributed by atoms with van der Waals surface area (Å²) in [5.74, 6) is 0.812. The van der Waals surface area contributed by atoms with Crippen molar-refractivity contribution in [1.82, 2.24) is 5.32 Å². The lowest BCUT2D eigenvalue weighted by Gasteiger charge is -2.17. The van der Waals surface area contributed by atoms with E-state index < -0.39 is 0 Å². The van der Waals surface area contributed by atoms with Gasteiger partial charge in [-0.1, -0.05) is 38.5 Å². The predicted molar refractivity (Wildman–Crippen MR) is 82.2 cm³/mol. The quantitative estimate of drug-likeness (QED) is 0.786. The second-order valence-corrected chi connectivity index (χ2v) is 6.20. The first-order chi connectivity index (χ1) is 8.70. The highest BCUT2D eigenvalue weighted by Gasteiger charge is 2.08. The van der Waals surface area contributed by atoms with E-state index in [0.29, 0.717) is 6.04 Å². The topological polar surface area (TPSA) is 12.0 Å². The molecule has 0 spiro atoms. The molecule has 2 rings (SSSR count). The third kappa shape index (κ3) is 3.33. The summed E-state index contributed by atoms with van der Waals surface area (Å²) in [6.07, 6.45) is 2.53. The van der Waals surface area contributed by atoms with Crippen LogP contribution in [0.3, 0.4) is 0 Å². The summed E-state index contributed by atoms with van der Waals surface area (Å²) in [6.45, 7) is 7.88. The smallest absolute Gasteiger partial charge is 0.0346 e. The Morgan fingerprint density at radius 2 is 2.00 bits per heavy atom. The highest BCUT2D eigenvalue weighted by molar-refractivity contribution is 7.17. The SMILES string of the molecule is CCC(C)CC(C)NCc1csc2ccccc12. The molecule has 2 aromatic rings. The van der Waals surface area contributed by atoms with Gasteiger partial charge in [-0.15, -0.1) is 11.3 Å². The molecule has 1 heterocycles. The molecule has 1 nitrogen and oxygen atoms in total. The molecule has 0 bridgehead atoms. The second kappa shape index (κ2) is 6.35. The molecule has 0 radical (unpaired) electrons. The standard InChI is InChI=1S/C16H23NS/c1-4-12(2)9-13(3)17-10-14-11-18-16-8-6-5-7-15(14)16/h5-8,11-13,17H,4,9-10H2,1-3H3. The van der Waals surface area contributed by atoms with Crippen molar-refractivity contribution in [2.45, 2.75) is 46.2 Å². The molecule has 2 heteroatoms. The van der Waals surface area contributed by atoms with E-state index in [1.165, 1.54) is 28.5 Å². The maximum Gasteiger partial charge on any atom is 0.0346 e. The van der Waals surface area contributed by atoms with Crippen LogP contribution in [0.25, 0.3) is 10.1 Å². The molecule has 1 N–H and O–H groups in total. The number of thiophene rings is 1. The molecular weight excluding hydrogens is 238 g/mol. The fourth-order valence-electron chi connectivity index (χ4n) is 2.31. The van der Waals surface area contributed by atoms with E-state index in [0.717, 1.165) is 12.5 Å². The van der Waals surface area contributed by atoms with Crippen LogP contribution in [0.1, 0.15) is 39.2 Å². The van der Waals surface area contributed by atoms with E-state index in [1.54, 1.807) is 0 Å². The van der Waals surface area contributed by atoms with Gasteiger partial charge in [-0.05, 0) is 41.7 Å². The van der Waals surface area contributed by atoms with Crippen molar-refractivity contribution in [2.75, 3.05) is 0 Å². The van der Waals surface area contributed by atoms with Gasteiger partial charge in [0.05, 0.1) is 0 Å². The average Bonchev–Trinajstić information content (AvgIpc) is 2.79. The Hall–Kier alpha value is -0.860. The Labute approximate surface area is 114 Å². The number of fused-ring (bicyclic) bond motifs is 1. The lowest BCUT2D eigenvalue weighted by molar-refractivity contribution is 0.412. The van der Waals surface area contributed by atoms with E-state index in [1.807, 2.05) is 11.3 Å². The number of nitrogens with one attached hydrogen (secondary N) is 1. The number of hydrogen-bond donors (Lipinski definition) is 1. The molecule has 0 aliphatic heterocycles. The van der Waals surface area contributed by atoms with Crippen LogP contribution in [0.5, 0.6) is 0 Å². The Kier molecular flexibility index (Phi) is 4.79. The molecular formula is C16H23NS. The van der Waals surface area contributed by atoms with Gasteiger partial charge in [0.25, 0.3) is 0 Å². The summed E-state index contributed by atoms with van der Waals surface area (Å²) >= 11 is 1.84. The fraction of sp³-hybridized carbons (Fsp3) is 0.500. The molecule has 0 amide bonds. The van der Waals surface area contributed by atoms with Crippen LogP contribution in [0.2, 0.25) is 0 Å². The van der Waals surface area contributed by atoms with Gasteiger partial charge in [-0.25, -0.2) is 0 Å². The minimum absolute atomic E-state index is 0.596. The molecule has 0 saturated carbocycles. The Bertz CT molecular complexity index is 489. The zero-order valence-corrected chi connectivity index (χ0v) is 12.4. The van der Waals surface area contributed by atoms with E-state index in [4.69, 9.17) is 0 Å². The largest absolute Gasteiger partial charge is 0.310 e. The number of benzene rings is 1. The van der Waals surface area contributed by atoms with Gasteiger partial charge < -0.3 is 5.32 Å². The monoisotopic (exact) mass is 261 g/mol. The molecule has 18 heavy (non-hydrogen) atoms. The van der Waals surface area contributed by atoms with Crippen molar-refractivity contribution in [3.63, 3.8) is 0 Å². The zero-order valence-electron chi connectivity index (χ0n) is 11.6. The van der Waals surface area contributed by atoms with E-state index in [9.17, 15) is 0 Å². The number of hydrogen-bond acceptors (Lipinski definition) is 2. The lowest BCUT2D eigenvalue weighted by atomic mass is 10.0. The van der Waals surface area contributed by atoms with Gasteiger partial charge in [0.2, 0.25) is 0 Å². The minimum Gasteiger partial charge on any atom is -0.310 e. The Morgan fingerprint density at radius 3 is 2.78 bits per heavy atom. The third-order valence-electron chi connectivity index (χ3n) is 3.65. The van der Waals surface area contributed by atoms with Gasteiger partial charge in [-0.3, -0.25) is 0 Å². The highest BCUT2D eigenvalue weighted by Crippen LogP contribution is 2.25. The summed E-state index contributed by atoms with van der Waals surface area (Å²) in [4.78, 5) is 0. The van der Waals surface area contributed by atoms with Crippen LogP contribution in [-0.2, 0) is 6.54 Å². The van der Waals surface area contributed by atoms with Crippen molar-refractivity contribution < 1.29 is 0 Å². The van der Waals surface area contributed by atoms with Gasteiger partial charge in [0, 0.05) is 17.3 Å². The zero-order chi connectivity index (χ0) is 13.0. The summed E-state index contributed by atoms with van der Waals surface area (Å²) < 4.78 is 1.39. The van der Waals surface area contributed by atoms with Crippen LogP contribution in [0, 0.1) is 5.92 Å². The van der Waals surface area contributed by atoms with Crippen molar-refractivity contribution in [1.29, 1.82) is 0 Å². The summed E-state index contributed by atoms with van der Waals surface area (Å²) in [6, 6.07) is 9.26. The molecule has 0 fully saturated rings. The summed E-state index contributed by atoms with van der Waals surface area (Å²) in [5.41, 5.74) is 1.44. The van der Waals surface area contributed by atoms with Crippen LogP contribution in [0.15, 0.2) is 29.6 Å². The fourth-order valence-corrected chi connectivity index (χ4v) is 3.27. The Morgan fingerprint density at radius 1 is 1.22 bits per heavy atom. The van der Waals surface area contributed by atoms with Gasteiger partial charge in [0.1, 0.15) is 0 Å². The minimum atomic E-state index is 0.596. The van der Waals surface area contributed by atoms with E-state index in [2.05, 4.69) is 55.7 Å². The molecule has 0 saturated heterocycles. The summed E-state index contributed by atoms with van der Waals surface area (Å²) in [7, 11) is 0. The average molecular weight is 261 g/mol. The molecule has 1 aromatic heterocycles. The van der Waals surface area contributed by atoms with Crippen LogP contribution in [-0.4, -0.2) is 6.04 Å². The number of rotatable bonds is 6. The van der Waals surface area contributed by atoms with Crippen molar-refractivity contribution >= 4 is 21.4 Å². The Balaban J connectivity index is 1.94. The second-order valence-electron chi connectivity index (χ2n) is 5.29. The van der Waals surface area contributed by atoms with E-state index in [-0.39, 0.29) is 0 Å². The molecule has 2 atom stereocenters. The third-order valence-corrected chi connectivity index (χ3v) is 4.67. The van der Waals surface area contributed by atoms with Crippen LogP contribution in [0.4, 0.5) is 0 Å². The molecule has 98 valence electrons. The molecule has 1 aromatic carbocycles. The van der Waals surface area contributed by atoms with Crippen molar-refractivity contribution in [3.05, 3.63) is 35.2 Å². The lowest BCUT2D eigenvalue weighted by Crippen LogP contribution is -2.27. The first-order valence-electron chi connectivity index (χ1n) is 6.89. The van der Waals surface area contributed by atoms with Crippen LogP contribution >= 0.6 is 11.3 Å². The summed E-state index contributed by atoms with van der Waals surface area (Å²) in [5, 5.41) is 7.34. The predicted octanol–water partition coefficient (Wildman–Crippen LogP) is 4.82. The van der Waals surface area contributed by atoms with Gasteiger partial charge in [-0.2, -0.15) is 0 Å². The first-order valence-corrected chi connectivity index (χ1v) is 7.77. The normalized spacial score (nSPS) is 14.8. The molecule has 2 unspecified atom stereocenters. The maximum atomic E-state index is 3.65. The molecule has 0 aliphatic rings. The van der Waals surface area contributed by atoms with Crippen molar-refractivity contribution in [2.24, 2.45) is 5.92 Å². The maximum absolute atomic E-state index is 3.65. The van der Waals surface area contributed by atoms with Crippen molar-refractivity contribution in [3.8, 4) is 0 Å². The molecule has 0 aliphatic carbocycles. The highest BCUT2D eigenvalue weighted by atomic mass is 32.1. The first kappa shape index (κ1) is 13.6.